The Kier molecular flexibility index (Phi) is 5.93. The molecule has 1 aliphatic carbocycles. The van der Waals surface area contributed by atoms with Crippen LogP contribution in [0.15, 0.2) is 23.3 Å². The summed E-state index contributed by atoms with van der Waals surface area (Å²) in [5, 5.41) is 48.3. The second kappa shape index (κ2) is 7.37. The van der Waals surface area contributed by atoms with E-state index in [9.17, 15) is 25.2 Å². The molecule has 0 saturated carbocycles. The van der Waals surface area contributed by atoms with Gasteiger partial charge >= 0.3 is 0 Å². The Labute approximate surface area is 137 Å². The third-order valence-corrected chi connectivity index (χ3v) is 4.06. The molecule has 9 heteroatoms. The van der Waals surface area contributed by atoms with Crippen LogP contribution in [0.1, 0.15) is 6.42 Å². The van der Waals surface area contributed by atoms with Gasteiger partial charge in [-0.25, -0.2) is 0 Å². The lowest BCUT2D eigenvalue weighted by Crippen LogP contribution is -2.59. The van der Waals surface area contributed by atoms with E-state index in [0.717, 1.165) is 6.08 Å². The summed E-state index contributed by atoms with van der Waals surface area (Å²) in [7, 11) is 0. The van der Waals surface area contributed by atoms with Gasteiger partial charge in [0.05, 0.1) is 18.2 Å². The molecule has 1 fully saturated rings. The van der Waals surface area contributed by atoms with Crippen molar-refractivity contribution in [3.8, 4) is 0 Å². The number of allylic oxidation sites excluding steroid dienone is 2. The van der Waals surface area contributed by atoms with Crippen LogP contribution >= 0.6 is 11.6 Å². The maximum absolute atomic E-state index is 11.2. The minimum atomic E-state index is -1.53. The van der Waals surface area contributed by atoms with Crippen molar-refractivity contribution in [3.63, 3.8) is 0 Å². The fourth-order valence-corrected chi connectivity index (χ4v) is 2.59. The summed E-state index contributed by atoms with van der Waals surface area (Å²) in [6.45, 7) is -0.656. The van der Waals surface area contributed by atoms with Gasteiger partial charge in [-0.3, -0.25) is 4.79 Å². The summed E-state index contributed by atoms with van der Waals surface area (Å²) in [5.41, 5.74) is -1.47. The molecule has 1 heterocycles. The van der Waals surface area contributed by atoms with Gasteiger partial charge in [0.15, 0.2) is 12.1 Å². The molecule has 6 unspecified atom stereocenters. The smallest absolute Gasteiger partial charge is 0.196 e. The van der Waals surface area contributed by atoms with E-state index >= 15 is 0 Å². The molecule has 6 atom stereocenters. The van der Waals surface area contributed by atoms with Gasteiger partial charge in [-0.15, -0.1) is 0 Å². The Morgan fingerprint density at radius 3 is 2.57 bits per heavy atom. The summed E-state index contributed by atoms with van der Waals surface area (Å²) < 4.78 is 10.4. The van der Waals surface area contributed by atoms with Crippen molar-refractivity contribution in [3.05, 3.63) is 23.3 Å². The number of aliphatic hydroxyl groups is 5. The molecule has 0 spiro atoms. The second-order valence-electron chi connectivity index (χ2n) is 5.50. The summed E-state index contributed by atoms with van der Waals surface area (Å²) >= 11 is 5.68. The minimum absolute atomic E-state index is 0.0159. The molecule has 0 aromatic carbocycles. The number of hydrogen-bond donors (Lipinski definition) is 5. The molecule has 1 aliphatic heterocycles. The number of halogens is 1. The quantitative estimate of drug-likeness (QED) is 0.391. The van der Waals surface area contributed by atoms with Gasteiger partial charge in [0, 0.05) is 6.42 Å². The molecule has 2 aliphatic rings. The van der Waals surface area contributed by atoms with Crippen LogP contribution in [0.3, 0.4) is 0 Å². The van der Waals surface area contributed by atoms with Crippen molar-refractivity contribution in [1.29, 1.82) is 0 Å². The average Bonchev–Trinajstić information content (AvgIpc) is 2.51. The van der Waals surface area contributed by atoms with Gasteiger partial charge in [-0.05, 0) is 18.2 Å². The fourth-order valence-electron chi connectivity index (χ4n) is 2.34. The first-order valence-corrected chi connectivity index (χ1v) is 7.41. The van der Waals surface area contributed by atoms with Crippen LogP contribution in [0.5, 0.6) is 0 Å². The third kappa shape index (κ3) is 4.17. The van der Waals surface area contributed by atoms with Crippen molar-refractivity contribution in [2.24, 2.45) is 0 Å². The van der Waals surface area contributed by atoms with Crippen LogP contribution < -0.4 is 0 Å². The number of ketones is 1. The number of carbonyl (C=O) groups excluding carboxylic acids is 1. The highest BCUT2D eigenvalue weighted by atomic mass is 35.5. The number of rotatable bonds is 5. The van der Waals surface area contributed by atoms with Crippen LogP contribution in [0.4, 0.5) is 0 Å². The van der Waals surface area contributed by atoms with Gasteiger partial charge in [-0.2, -0.15) is 0 Å². The molecule has 2 rings (SSSR count). The van der Waals surface area contributed by atoms with Crippen LogP contribution in [-0.2, 0) is 14.3 Å². The molecule has 0 radical (unpaired) electrons. The predicted octanol–water partition coefficient (Wildman–Crippen LogP) is -1.81. The zero-order valence-corrected chi connectivity index (χ0v) is 12.8. The third-order valence-electron chi connectivity index (χ3n) is 3.77. The molecule has 8 nitrogen and oxygen atoms in total. The molecule has 1 saturated heterocycles. The van der Waals surface area contributed by atoms with Gasteiger partial charge < -0.3 is 35.0 Å². The number of carbonyl (C=O) groups is 1. The Morgan fingerprint density at radius 2 is 1.96 bits per heavy atom. The van der Waals surface area contributed by atoms with Crippen LogP contribution in [-0.4, -0.2) is 80.8 Å². The monoisotopic (exact) mass is 350 g/mol. The van der Waals surface area contributed by atoms with E-state index in [4.69, 9.17) is 26.2 Å². The lowest BCUT2D eigenvalue weighted by atomic mass is 9.94. The molecule has 23 heavy (non-hydrogen) atoms. The number of hydrogen-bond acceptors (Lipinski definition) is 8. The first-order valence-electron chi connectivity index (χ1n) is 7.04. The summed E-state index contributed by atoms with van der Waals surface area (Å²) in [6.07, 6.45) is -3.22. The second-order valence-corrected chi connectivity index (χ2v) is 5.91. The van der Waals surface area contributed by atoms with E-state index in [1.54, 1.807) is 0 Å². The molecule has 0 bridgehead atoms. The molecular formula is C14H19ClO8. The Hall–Kier alpha value is -0.840. The van der Waals surface area contributed by atoms with Crippen molar-refractivity contribution >= 4 is 17.4 Å². The first-order chi connectivity index (χ1) is 10.8. The van der Waals surface area contributed by atoms with Crippen molar-refractivity contribution in [2.75, 3.05) is 13.2 Å². The molecule has 130 valence electrons. The first kappa shape index (κ1) is 18.5. The van der Waals surface area contributed by atoms with E-state index in [0.29, 0.717) is 0 Å². The Morgan fingerprint density at radius 1 is 1.26 bits per heavy atom. The van der Waals surface area contributed by atoms with Gasteiger partial charge in [0.25, 0.3) is 0 Å². The van der Waals surface area contributed by atoms with Gasteiger partial charge in [0.2, 0.25) is 0 Å². The summed E-state index contributed by atoms with van der Waals surface area (Å²) in [6, 6.07) is 0. The van der Waals surface area contributed by atoms with Crippen LogP contribution in [0.2, 0.25) is 0 Å². The van der Waals surface area contributed by atoms with Crippen molar-refractivity contribution < 1.29 is 39.8 Å². The van der Waals surface area contributed by atoms with Crippen LogP contribution in [0, 0.1) is 0 Å². The minimum Gasteiger partial charge on any atom is -0.394 e. The highest BCUT2D eigenvalue weighted by Gasteiger charge is 2.44. The normalized spacial score (nSPS) is 41.0. The standard InChI is InChI=1S/C14H19ClO8/c15-7-5-14(21,2-1-8(7)17)3-4-22-13-12(20)11(19)10(18)9(6-16)23-13/h1-2,5,9-13,16,18-21H,3-4,6H2. The van der Waals surface area contributed by atoms with E-state index in [-0.39, 0.29) is 18.1 Å². The Balaban J connectivity index is 1.91. The maximum atomic E-state index is 11.2. The van der Waals surface area contributed by atoms with E-state index in [2.05, 4.69) is 0 Å². The lowest BCUT2D eigenvalue weighted by molar-refractivity contribution is -0.301. The SMILES string of the molecule is O=C1C=CC(O)(CCOC2OC(CO)C(O)C(O)C2O)C=C1Cl. The van der Waals surface area contributed by atoms with Crippen molar-refractivity contribution in [1.82, 2.24) is 0 Å². The summed E-state index contributed by atoms with van der Waals surface area (Å²) in [4.78, 5) is 11.2. The van der Waals surface area contributed by atoms with E-state index in [1.807, 2.05) is 0 Å². The number of ether oxygens (including phenoxy) is 2. The highest BCUT2D eigenvalue weighted by Crippen LogP contribution is 2.26. The fraction of sp³-hybridized carbons (Fsp3) is 0.643. The number of aliphatic hydroxyl groups excluding tert-OH is 4. The van der Waals surface area contributed by atoms with E-state index in [1.165, 1.54) is 12.2 Å². The van der Waals surface area contributed by atoms with Crippen molar-refractivity contribution in [2.45, 2.75) is 42.7 Å². The highest BCUT2D eigenvalue weighted by molar-refractivity contribution is 6.44. The molecular weight excluding hydrogens is 332 g/mol. The van der Waals surface area contributed by atoms with E-state index < -0.39 is 48.7 Å². The lowest BCUT2D eigenvalue weighted by Gasteiger charge is -2.39. The zero-order chi connectivity index (χ0) is 17.2. The molecule has 0 amide bonds. The van der Waals surface area contributed by atoms with Crippen LogP contribution in [0.25, 0.3) is 0 Å². The molecule has 0 aromatic heterocycles. The largest absolute Gasteiger partial charge is 0.394 e. The topological polar surface area (TPSA) is 137 Å². The maximum Gasteiger partial charge on any atom is 0.196 e. The predicted molar refractivity (Wildman–Crippen MR) is 77.4 cm³/mol. The molecule has 5 N–H and O–H groups in total. The molecule has 0 aromatic rings. The van der Waals surface area contributed by atoms with Gasteiger partial charge in [0.1, 0.15) is 30.0 Å². The van der Waals surface area contributed by atoms with Gasteiger partial charge in [-0.1, -0.05) is 11.6 Å². The Bertz CT molecular complexity index is 505. The average molecular weight is 351 g/mol. The summed E-state index contributed by atoms with van der Waals surface area (Å²) in [5.74, 6) is -0.411. The zero-order valence-electron chi connectivity index (χ0n) is 12.1.